The molecule has 1 aliphatic rings. The summed E-state index contributed by atoms with van der Waals surface area (Å²) >= 11 is 2.03. The summed E-state index contributed by atoms with van der Waals surface area (Å²) in [6.07, 6.45) is 3.02. The molecule has 1 fully saturated rings. The molecular weight excluding hydrogens is 267 g/mol. The highest BCUT2D eigenvalue weighted by atomic mass is 127. The monoisotopic (exact) mass is 282 g/mol. The van der Waals surface area contributed by atoms with Crippen molar-refractivity contribution in [2.24, 2.45) is 5.92 Å². The lowest BCUT2D eigenvalue weighted by atomic mass is 9.94. The van der Waals surface area contributed by atoms with Crippen LogP contribution in [0.4, 0.5) is 0 Å². The average molecular weight is 282 g/mol. The number of nitrogens with one attached hydrogen (secondary N) is 1. The first-order valence-corrected chi connectivity index (χ1v) is 5.29. The Hall–Kier alpha value is 0.160. The van der Waals surface area contributed by atoms with Crippen LogP contribution in [-0.2, 0) is 4.79 Å². The Kier molecular flexibility index (Phi) is 4.28. The summed E-state index contributed by atoms with van der Waals surface area (Å²) in [5.41, 5.74) is 0. The predicted molar refractivity (Wildman–Crippen MR) is 57.0 cm³/mol. The van der Waals surface area contributed by atoms with Crippen molar-refractivity contribution in [3.05, 3.63) is 0 Å². The van der Waals surface area contributed by atoms with E-state index in [0.29, 0.717) is 5.92 Å². The topological polar surface area (TPSA) is 32.3 Å². The number of amides is 1. The van der Waals surface area contributed by atoms with E-state index in [1.54, 1.807) is 3.11 Å². The molecule has 0 bridgehead atoms. The van der Waals surface area contributed by atoms with Crippen LogP contribution in [-0.4, -0.2) is 29.2 Å². The first-order valence-electron chi connectivity index (χ1n) is 4.33. The second-order valence-electron chi connectivity index (χ2n) is 3.27. The van der Waals surface area contributed by atoms with Gasteiger partial charge in [0.1, 0.15) is 0 Å². The van der Waals surface area contributed by atoms with Crippen LogP contribution in [0.25, 0.3) is 0 Å². The molecule has 0 spiro atoms. The van der Waals surface area contributed by atoms with Crippen molar-refractivity contribution >= 4 is 28.8 Å². The normalized spacial score (nSPS) is 19.2. The van der Waals surface area contributed by atoms with E-state index in [4.69, 9.17) is 0 Å². The van der Waals surface area contributed by atoms with Crippen molar-refractivity contribution < 1.29 is 4.79 Å². The quantitative estimate of drug-likeness (QED) is 0.609. The van der Waals surface area contributed by atoms with E-state index < -0.39 is 0 Å². The summed E-state index contributed by atoms with van der Waals surface area (Å²) in [6.45, 7) is 2.14. The standard InChI is InChI=1S/C8H15IN2O/c1-11(9)8(12)6-7-2-4-10-5-3-7/h7,10H,2-6H2,1H3. The van der Waals surface area contributed by atoms with Crippen molar-refractivity contribution in [1.29, 1.82) is 0 Å². The van der Waals surface area contributed by atoms with Crippen LogP contribution in [0.5, 0.6) is 0 Å². The summed E-state index contributed by atoms with van der Waals surface area (Å²) in [6, 6.07) is 0. The van der Waals surface area contributed by atoms with Gasteiger partial charge in [0.25, 0.3) is 0 Å². The van der Waals surface area contributed by atoms with E-state index in [1.165, 1.54) is 0 Å². The fraction of sp³-hybridized carbons (Fsp3) is 0.875. The Balaban J connectivity index is 2.24. The fourth-order valence-corrected chi connectivity index (χ4v) is 1.66. The van der Waals surface area contributed by atoms with Gasteiger partial charge in [-0.2, -0.15) is 0 Å². The van der Waals surface area contributed by atoms with Gasteiger partial charge in [0.05, 0.1) is 22.9 Å². The van der Waals surface area contributed by atoms with Gasteiger partial charge in [-0.25, -0.2) is 0 Å². The molecule has 3 nitrogen and oxygen atoms in total. The van der Waals surface area contributed by atoms with Crippen LogP contribution in [0.2, 0.25) is 0 Å². The number of rotatable bonds is 2. The number of piperidine rings is 1. The number of nitrogens with zero attached hydrogens (tertiary/aromatic N) is 1. The highest BCUT2D eigenvalue weighted by Crippen LogP contribution is 2.17. The summed E-state index contributed by atoms with van der Waals surface area (Å²) in [4.78, 5) is 11.3. The first-order chi connectivity index (χ1) is 5.70. The molecule has 1 aliphatic heterocycles. The Labute approximate surface area is 87.4 Å². The molecule has 0 radical (unpaired) electrons. The molecule has 1 amide bonds. The zero-order chi connectivity index (χ0) is 8.97. The van der Waals surface area contributed by atoms with Crippen molar-refractivity contribution in [3.8, 4) is 0 Å². The van der Waals surface area contributed by atoms with E-state index in [-0.39, 0.29) is 5.91 Å². The highest BCUT2D eigenvalue weighted by molar-refractivity contribution is 14.1. The smallest absolute Gasteiger partial charge is 0.231 e. The van der Waals surface area contributed by atoms with E-state index in [2.05, 4.69) is 5.32 Å². The summed E-state index contributed by atoms with van der Waals surface area (Å²) in [7, 11) is 1.81. The van der Waals surface area contributed by atoms with Crippen LogP contribution in [0, 0.1) is 5.92 Å². The number of carbonyl (C=O) groups excluding carboxylic acids is 1. The SMILES string of the molecule is CN(I)C(=O)CC1CCNCC1. The fourth-order valence-electron chi connectivity index (χ4n) is 1.46. The van der Waals surface area contributed by atoms with Crippen LogP contribution in [0.15, 0.2) is 0 Å². The van der Waals surface area contributed by atoms with Crippen molar-refractivity contribution in [2.75, 3.05) is 20.1 Å². The van der Waals surface area contributed by atoms with Crippen LogP contribution < -0.4 is 5.32 Å². The molecule has 1 heterocycles. The molecule has 0 aromatic heterocycles. The zero-order valence-corrected chi connectivity index (χ0v) is 9.50. The lowest BCUT2D eigenvalue weighted by Gasteiger charge is -2.22. The molecule has 1 rings (SSSR count). The second kappa shape index (κ2) is 5.01. The number of hydrogen-bond acceptors (Lipinski definition) is 2. The predicted octanol–water partition coefficient (Wildman–Crippen LogP) is 1.18. The molecule has 0 aromatic carbocycles. The van der Waals surface area contributed by atoms with Gasteiger partial charge in [-0.05, 0) is 31.8 Å². The van der Waals surface area contributed by atoms with Crippen molar-refractivity contribution in [3.63, 3.8) is 0 Å². The Morgan fingerprint density at radius 3 is 2.67 bits per heavy atom. The first kappa shape index (κ1) is 10.2. The van der Waals surface area contributed by atoms with Gasteiger partial charge in [-0.1, -0.05) is 0 Å². The van der Waals surface area contributed by atoms with Gasteiger partial charge >= 0.3 is 0 Å². The second-order valence-corrected chi connectivity index (χ2v) is 4.72. The van der Waals surface area contributed by atoms with Crippen molar-refractivity contribution in [2.45, 2.75) is 19.3 Å². The third-order valence-corrected chi connectivity index (χ3v) is 2.80. The minimum atomic E-state index is 0.252. The van der Waals surface area contributed by atoms with Gasteiger partial charge in [0, 0.05) is 13.5 Å². The van der Waals surface area contributed by atoms with Gasteiger partial charge in [-0.3, -0.25) is 7.91 Å². The molecular formula is C8H15IN2O. The average Bonchev–Trinajstić information content (AvgIpc) is 2.06. The molecule has 0 aromatic rings. The van der Waals surface area contributed by atoms with Gasteiger partial charge in [0.2, 0.25) is 5.91 Å². The molecule has 70 valence electrons. The van der Waals surface area contributed by atoms with Crippen LogP contribution >= 0.6 is 22.9 Å². The van der Waals surface area contributed by atoms with E-state index in [1.807, 2.05) is 29.9 Å². The molecule has 1 saturated heterocycles. The molecule has 1 N–H and O–H groups in total. The van der Waals surface area contributed by atoms with E-state index in [0.717, 1.165) is 32.4 Å². The molecule has 0 saturated carbocycles. The number of halogens is 1. The number of carbonyl (C=O) groups is 1. The lowest BCUT2D eigenvalue weighted by Crippen LogP contribution is -2.30. The molecule has 4 heteroatoms. The minimum absolute atomic E-state index is 0.252. The molecule has 0 aliphatic carbocycles. The third kappa shape index (κ3) is 3.26. The van der Waals surface area contributed by atoms with Crippen molar-refractivity contribution in [1.82, 2.24) is 8.43 Å². The lowest BCUT2D eigenvalue weighted by molar-refractivity contribution is -0.125. The van der Waals surface area contributed by atoms with E-state index >= 15 is 0 Å². The summed E-state index contributed by atoms with van der Waals surface area (Å²) in [5.74, 6) is 0.860. The zero-order valence-electron chi connectivity index (χ0n) is 7.35. The van der Waals surface area contributed by atoms with Gasteiger partial charge in [-0.15, -0.1) is 0 Å². The largest absolute Gasteiger partial charge is 0.317 e. The number of hydrogen-bond donors (Lipinski definition) is 1. The maximum Gasteiger partial charge on any atom is 0.231 e. The molecule has 12 heavy (non-hydrogen) atoms. The Bertz CT molecular complexity index is 155. The maximum absolute atomic E-state index is 11.3. The van der Waals surface area contributed by atoms with E-state index in [9.17, 15) is 4.79 Å². The highest BCUT2D eigenvalue weighted by Gasteiger charge is 2.17. The third-order valence-electron chi connectivity index (χ3n) is 2.27. The van der Waals surface area contributed by atoms with Gasteiger partial charge in [0.15, 0.2) is 0 Å². The summed E-state index contributed by atoms with van der Waals surface area (Å²) < 4.78 is 1.65. The molecule has 0 atom stereocenters. The Morgan fingerprint density at radius 2 is 2.17 bits per heavy atom. The Morgan fingerprint density at radius 1 is 1.58 bits per heavy atom. The van der Waals surface area contributed by atoms with Crippen LogP contribution in [0.3, 0.4) is 0 Å². The van der Waals surface area contributed by atoms with Crippen LogP contribution in [0.1, 0.15) is 19.3 Å². The maximum atomic E-state index is 11.3. The summed E-state index contributed by atoms with van der Waals surface area (Å²) in [5, 5.41) is 3.29. The minimum Gasteiger partial charge on any atom is -0.317 e. The van der Waals surface area contributed by atoms with Gasteiger partial charge < -0.3 is 5.32 Å². The molecule has 0 unspecified atom stereocenters.